The molecule has 2 aromatic rings. The highest BCUT2D eigenvalue weighted by Crippen LogP contribution is 2.19. The summed E-state index contributed by atoms with van der Waals surface area (Å²) in [4.78, 5) is 37.4. The lowest BCUT2D eigenvalue weighted by Crippen LogP contribution is -2.55. The van der Waals surface area contributed by atoms with Gasteiger partial charge in [0.2, 0.25) is 0 Å². The third kappa shape index (κ3) is 4.29. The highest BCUT2D eigenvalue weighted by atomic mass is 16.3. The second kappa shape index (κ2) is 8.09. The lowest BCUT2D eigenvalue weighted by Gasteiger charge is -2.36. The zero-order chi connectivity index (χ0) is 20.3. The van der Waals surface area contributed by atoms with E-state index in [2.05, 4.69) is 26.0 Å². The van der Waals surface area contributed by atoms with Crippen molar-refractivity contribution in [2.75, 3.05) is 24.1 Å². The Hall–Kier alpha value is -3.40. The molecule has 1 aliphatic rings. The maximum absolute atomic E-state index is 12.7. The zero-order valence-corrected chi connectivity index (χ0v) is 15.5. The predicted molar refractivity (Wildman–Crippen MR) is 104 cm³/mol. The Morgan fingerprint density at radius 1 is 1.18 bits per heavy atom. The highest BCUT2D eigenvalue weighted by Gasteiger charge is 2.25. The Morgan fingerprint density at radius 2 is 1.82 bits per heavy atom. The molecule has 2 heterocycles. The molecule has 1 saturated heterocycles. The summed E-state index contributed by atoms with van der Waals surface area (Å²) >= 11 is 0. The van der Waals surface area contributed by atoms with Gasteiger partial charge < -0.3 is 21.3 Å². The van der Waals surface area contributed by atoms with Gasteiger partial charge in [0.25, 0.3) is 11.8 Å². The van der Waals surface area contributed by atoms with Crippen molar-refractivity contribution in [3.8, 4) is 0 Å². The number of amides is 2. The van der Waals surface area contributed by atoms with Gasteiger partial charge in [-0.2, -0.15) is 0 Å². The molecule has 0 saturated carbocycles. The van der Waals surface area contributed by atoms with Crippen LogP contribution in [0.1, 0.15) is 34.7 Å². The molecule has 1 fully saturated rings. The number of nitroso groups, excluding NO2 is 1. The maximum atomic E-state index is 12.7. The highest BCUT2D eigenvalue weighted by molar-refractivity contribution is 6.03. The summed E-state index contributed by atoms with van der Waals surface area (Å²) in [7, 11) is 0. The average molecular weight is 383 g/mol. The largest absolute Gasteiger partial charge is 0.380 e. The number of nitrogen functional groups attached to an aromatic ring is 1. The molecular weight excluding hydrogens is 362 g/mol. The molecule has 2 atom stereocenters. The number of nitrogens with two attached hydrogens (primary N) is 1. The van der Waals surface area contributed by atoms with Crippen molar-refractivity contribution in [1.82, 2.24) is 20.4 Å². The zero-order valence-electron chi connectivity index (χ0n) is 15.5. The van der Waals surface area contributed by atoms with Crippen molar-refractivity contribution in [2.45, 2.75) is 25.9 Å². The first kappa shape index (κ1) is 19.4. The van der Waals surface area contributed by atoms with E-state index in [4.69, 9.17) is 5.73 Å². The normalized spacial score (nSPS) is 19.1. The van der Waals surface area contributed by atoms with Gasteiger partial charge in [-0.15, -0.1) is 15.1 Å². The van der Waals surface area contributed by atoms with Crippen molar-refractivity contribution < 1.29 is 9.59 Å². The van der Waals surface area contributed by atoms with Crippen LogP contribution in [-0.4, -0.2) is 52.1 Å². The Bertz CT molecular complexity index is 891. The fourth-order valence-corrected chi connectivity index (χ4v) is 3.14. The summed E-state index contributed by atoms with van der Waals surface area (Å²) in [5, 5.41) is 15.9. The van der Waals surface area contributed by atoms with Gasteiger partial charge in [0.1, 0.15) is 0 Å². The number of anilines is 2. The van der Waals surface area contributed by atoms with Gasteiger partial charge in [0, 0.05) is 42.5 Å². The average Bonchev–Trinajstić information content (AvgIpc) is 2.67. The molecule has 0 bridgehead atoms. The van der Waals surface area contributed by atoms with Crippen molar-refractivity contribution in [3.05, 3.63) is 46.5 Å². The number of nitrogens with zero attached hydrogens (tertiary/aromatic N) is 4. The second-order valence-electron chi connectivity index (χ2n) is 6.80. The minimum atomic E-state index is -0.568. The van der Waals surface area contributed by atoms with E-state index in [1.54, 1.807) is 24.3 Å². The smallest absolute Gasteiger partial charge is 0.276 e. The van der Waals surface area contributed by atoms with Gasteiger partial charge in [-0.05, 0) is 43.3 Å². The molecule has 10 nitrogen and oxygen atoms in total. The van der Waals surface area contributed by atoms with Crippen LogP contribution in [0.25, 0.3) is 0 Å². The van der Waals surface area contributed by atoms with Crippen molar-refractivity contribution in [3.63, 3.8) is 0 Å². The van der Waals surface area contributed by atoms with E-state index >= 15 is 0 Å². The fraction of sp³-hybridized carbons (Fsp3) is 0.333. The van der Waals surface area contributed by atoms with Gasteiger partial charge in [-0.25, -0.2) is 0 Å². The fourth-order valence-electron chi connectivity index (χ4n) is 3.14. The van der Waals surface area contributed by atoms with Crippen LogP contribution in [0.5, 0.6) is 0 Å². The van der Waals surface area contributed by atoms with E-state index in [9.17, 15) is 14.5 Å². The number of hydrogen-bond acceptors (Lipinski definition) is 8. The number of piperazine rings is 1. The first-order valence-corrected chi connectivity index (χ1v) is 8.80. The number of benzene rings is 1. The first-order valence-electron chi connectivity index (χ1n) is 8.80. The number of aromatic nitrogens is 2. The van der Waals surface area contributed by atoms with Crippen LogP contribution >= 0.6 is 0 Å². The molecule has 0 aliphatic carbocycles. The molecule has 4 N–H and O–H groups in total. The number of carbonyl (C=O) groups is 2. The van der Waals surface area contributed by atoms with Gasteiger partial charge >= 0.3 is 0 Å². The summed E-state index contributed by atoms with van der Waals surface area (Å²) in [6.45, 7) is 5.37. The van der Waals surface area contributed by atoms with Gasteiger partial charge in [-0.3, -0.25) is 9.59 Å². The van der Waals surface area contributed by atoms with E-state index in [1.165, 1.54) is 0 Å². The van der Waals surface area contributed by atoms with E-state index in [0.717, 1.165) is 6.07 Å². The summed E-state index contributed by atoms with van der Waals surface area (Å²) in [5.41, 5.74) is 6.21. The van der Waals surface area contributed by atoms with E-state index < -0.39 is 5.91 Å². The van der Waals surface area contributed by atoms with Crippen LogP contribution in [0.4, 0.5) is 17.2 Å². The molecule has 0 radical (unpaired) electrons. The lowest BCUT2D eigenvalue weighted by atomic mass is 10.1. The van der Waals surface area contributed by atoms with Crippen LogP contribution in [0.2, 0.25) is 0 Å². The van der Waals surface area contributed by atoms with E-state index in [1.807, 2.05) is 18.7 Å². The molecule has 1 aromatic carbocycles. The Balaban J connectivity index is 1.68. The van der Waals surface area contributed by atoms with Gasteiger partial charge in [0.05, 0.1) is 0 Å². The topological polar surface area (TPSA) is 143 Å². The second-order valence-corrected chi connectivity index (χ2v) is 6.80. The molecule has 1 aromatic heterocycles. The first-order chi connectivity index (χ1) is 13.4. The van der Waals surface area contributed by atoms with Crippen LogP contribution in [0.15, 0.2) is 35.5 Å². The van der Waals surface area contributed by atoms with Crippen molar-refractivity contribution in [1.29, 1.82) is 0 Å². The molecule has 28 heavy (non-hydrogen) atoms. The van der Waals surface area contributed by atoms with Crippen molar-refractivity contribution >= 4 is 29.0 Å². The predicted octanol–water partition coefficient (Wildman–Crippen LogP) is 1.53. The number of nitrogens with one attached hydrogen (secondary N) is 2. The van der Waals surface area contributed by atoms with Crippen LogP contribution in [0, 0.1) is 4.91 Å². The van der Waals surface area contributed by atoms with Gasteiger partial charge in [-0.1, -0.05) is 0 Å². The third-order valence-electron chi connectivity index (χ3n) is 4.37. The van der Waals surface area contributed by atoms with E-state index in [-0.39, 0.29) is 35.2 Å². The van der Waals surface area contributed by atoms with Gasteiger partial charge in [0.15, 0.2) is 17.2 Å². The van der Waals surface area contributed by atoms with Crippen molar-refractivity contribution in [2.24, 2.45) is 5.18 Å². The monoisotopic (exact) mass is 383 g/mol. The minimum Gasteiger partial charge on any atom is -0.380 e. The molecule has 146 valence electrons. The van der Waals surface area contributed by atoms with Crippen LogP contribution in [-0.2, 0) is 0 Å². The Morgan fingerprint density at radius 3 is 2.43 bits per heavy atom. The standard InChI is InChI=1S/C18H21N7O3/c1-10-8-25(9-11(2)20-10)18(27)12-3-5-13(6-4-12)21-17(26)15-7-14(24-28)16(19)23-22-15/h3-7,10-11,20H,8-9H2,1-2H3,(H2,19,23)(H,21,26)/t10-,11+. The Labute approximate surface area is 161 Å². The summed E-state index contributed by atoms with van der Waals surface area (Å²) in [5.74, 6) is -0.767. The number of carbonyl (C=O) groups excluding carboxylic acids is 2. The summed E-state index contributed by atoms with van der Waals surface area (Å²) in [6, 6.07) is 8.20. The third-order valence-corrected chi connectivity index (χ3v) is 4.37. The molecular formula is C18H21N7O3. The SMILES string of the molecule is C[C@@H]1CN(C(=O)c2ccc(NC(=O)c3cc(N=O)c(N)nn3)cc2)C[C@H](C)N1. The molecule has 10 heteroatoms. The molecule has 2 amide bonds. The lowest BCUT2D eigenvalue weighted by molar-refractivity contribution is 0.0673. The molecule has 0 spiro atoms. The number of hydrogen-bond donors (Lipinski definition) is 3. The summed E-state index contributed by atoms with van der Waals surface area (Å²) < 4.78 is 0. The van der Waals surface area contributed by atoms with E-state index in [0.29, 0.717) is 24.3 Å². The van der Waals surface area contributed by atoms with Crippen LogP contribution in [0.3, 0.4) is 0 Å². The molecule has 3 rings (SSSR count). The van der Waals surface area contributed by atoms with Crippen LogP contribution < -0.4 is 16.4 Å². The quantitative estimate of drug-likeness (QED) is 0.679. The minimum absolute atomic E-state index is 0.0517. The summed E-state index contributed by atoms with van der Waals surface area (Å²) in [6.07, 6.45) is 0. The number of rotatable bonds is 4. The molecule has 0 unspecified atom stereocenters. The maximum Gasteiger partial charge on any atom is 0.276 e. The Kier molecular flexibility index (Phi) is 5.59. The molecule has 1 aliphatic heterocycles.